The minimum Gasteiger partial charge on any atom is -0.395 e. The highest BCUT2D eigenvalue weighted by Gasteiger charge is 2.25. The SMILES string of the molecule is Cc1ccc(CC(C(=O)NCCO)n2c(=N)n(Cc3ccc(C)cc3)c3ccccc32)cc1. The first-order valence-corrected chi connectivity index (χ1v) is 11.2. The van der Waals surface area contributed by atoms with E-state index in [1.165, 1.54) is 5.56 Å². The minimum atomic E-state index is -0.615. The zero-order valence-electron chi connectivity index (χ0n) is 19.1. The molecular formula is C27H30N4O2. The molecule has 170 valence electrons. The largest absolute Gasteiger partial charge is 0.395 e. The fourth-order valence-corrected chi connectivity index (χ4v) is 4.15. The maximum atomic E-state index is 13.2. The number of aliphatic hydroxyl groups excluding tert-OH is 1. The predicted octanol–water partition coefficient (Wildman–Crippen LogP) is 3.48. The third-order valence-electron chi connectivity index (χ3n) is 5.95. The van der Waals surface area contributed by atoms with Crippen LogP contribution in [0.4, 0.5) is 0 Å². The van der Waals surface area contributed by atoms with Gasteiger partial charge in [0.25, 0.3) is 0 Å². The highest BCUT2D eigenvalue weighted by molar-refractivity contribution is 5.84. The van der Waals surface area contributed by atoms with Crippen molar-refractivity contribution in [2.45, 2.75) is 32.9 Å². The normalized spacial score (nSPS) is 12.1. The second-order valence-electron chi connectivity index (χ2n) is 8.47. The van der Waals surface area contributed by atoms with Gasteiger partial charge in [0.1, 0.15) is 6.04 Å². The summed E-state index contributed by atoms with van der Waals surface area (Å²) >= 11 is 0. The standard InChI is InChI=1S/C27H30N4O2/c1-19-7-11-21(12-8-19)17-25(26(33)29-15-16-32)31-24-6-4-3-5-23(24)30(27(31)28)18-22-13-9-20(2)10-14-22/h3-14,25,28,32H,15-18H2,1-2H3,(H,29,33). The van der Waals surface area contributed by atoms with Crippen molar-refractivity contribution < 1.29 is 9.90 Å². The number of rotatable bonds is 8. The number of nitrogens with zero attached hydrogens (tertiary/aromatic N) is 2. The molecule has 0 spiro atoms. The van der Waals surface area contributed by atoms with Gasteiger partial charge < -0.3 is 15.0 Å². The molecule has 0 radical (unpaired) electrons. The Labute approximate surface area is 193 Å². The highest BCUT2D eigenvalue weighted by Crippen LogP contribution is 2.22. The minimum absolute atomic E-state index is 0.128. The molecule has 0 aliphatic carbocycles. The zero-order valence-corrected chi connectivity index (χ0v) is 19.1. The molecule has 1 unspecified atom stereocenters. The van der Waals surface area contributed by atoms with E-state index in [0.29, 0.717) is 13.0 Å². The first-order chi connectivity index (χ1) is 16.0. The number of fused-ring (bicyclic) bond motifs is 1. The van der Waals surface area contributed by atoms with Crippen LogP contribution in [0.3, 0.4) is 0 Å². The molecule has 0 saturated heterocycles. The average molecular weight is 443 g/mol. The Morgan fingerprint density at radius 2 is 1.48 bits per heavy atom. The summed E-state index contributed by atoms with van der Waals surface area (Å²) in [4.78, 5) is 13.2. The van der Waals surface area contributed by atoms with Gasteiger partial charge in [-0.15, -0.1) is 0 Å². The van der Waals surface area contributed by atoms with E-state index in [4.69, 9.17) is 5.41 Å². The lowest BCUT2D eigenvalue weighted by Crippen LogP contribution is -2.40. The molecule has 4 aromatic rings. The molecule has 0 aliphatic rings. The van der Waals surface area contributed by atoms with Crippen LogP contribution in [0.5, 0.6) is 0 Å². The number of aliphatic hydroxyl groups is 1. The Hall–Kier alpha value is -3.64. The number of carbonyl (C=O) groups excluding carboxylic acids is 1. The molecule has 0 fully saturated rings. The van der Waals surface area contributed by atoms with E-state index in [9.17, 15) is 9.90 Å². The number of nitrogens with one attached hydrogen (secondary N) is 2. The number of para-hydroxylation sites is 2. The van der Waals surface area contributed by atoms with Gasteiger partial charge in [-0.25, -0.2) is 0 Å². The molecule has 33 heavy (non-hydrogen) atoms. The molecule has 6 nitrogen and oxygen atoms in total. The van der Waals surface area contributed by atoms with Crippen LogP contribution in [0.2, 0.25) is 0 Å². The summed E-state index contributed by atoms with van der Waals surface area (Å²) in [5.74, 6) is -0.207. The topological polar surface area (TPSA) is 83.0 Å². The summed E-state index contributed by atoms with van der Waals surface area (Å²) in [5, 5.41) is 21.1. The van der Waals surface area contributed by atoms with Crippen LogP contribution in [-0.4, -0.2) is 33.3 Å². The zero-order chi connectivity index (χ0) is 23.4. The third kappa shape index (κ3) is 4.91. The second-order valence-corrected chi connectivity index (χ2v) is 8.47. The molecule has 1 atom stereocenters. The van der Waals surface area contributed by atoms with Gasteiger partial charge in [-0.2, -0.15) is 0 Å². The number of benzene rings is 3. The fourth-order valence-electron chi connectivity index (χ4n) is 4.15. The van der Waals surface area contributed by atoms with Gasteiger partial charge in [0.05, 0.1) is 24.2 Å². The van der Waals surface area contributed by atoms with Crippen LogP contribution >= 0.6 is 0 Å². The molecule has 1 amide bonds. The lowest BCUT2D eigenvalue weighted by Gasteiger charge is -2.19. The Morgan fingerprint density at radius 1 is 0.909 bits per heavy atom. The van der Waals surface area contributed by atoms with Gasteiger partial charge in [-0.1, -0.05) is 71.8 Å². The predicted molar refractivity (Wildman–Crippen MR) is 130 cm³/mol. The van der Waals surface area contributed by atoms with E-state index >= 15 is 0 Å². The molecule has 0 aliphatic heterocycles. The first-order valence-electron chi connectivity index (χ1n) is 11.2. The molecule has 1 aromatic heterocycles. The molecule has 3 aromatic carbocycles. The average Bonchev–Trinajstić information content (AvgIpc) is 3.09. The van der Waals surface area contributed by atoms with Crippen molar-refractivity contribution in [2.24, 2.45) is 0 Å². The van der Waals surface area contributed by atoms with Gasteiger partial charge in [0.2, 0.25) is 11.5 Å². The van der Waals surface area contributed by atoms with Gasteiger partial charge in [-0.3, -0.25) is 14.8 Å². The van der Waals surface area contributed by atoms with Crippen molar-refractivity contribution in [1.29, 1.82) is 5.41 Å². The molecule has 4 rings (SSSR count). The maximum absolute atomic E-state index is 13.2. The molecule has 3 N–H and O–H groups in total. The fraction of sp³-hybridized carbons (Fsp3) is 0.259. The van der Waals surface area contributed by atoms with Crippen molar-refractivity contribution in [3.8, 4) is 0 Å². The second kappa shape index (κ2) is 9.88. The van der Waals surface area contributed by atoms with Crippen LogP contribution in [0, 0.1) is 19.3 Å². The number of hydrogen-bond donors (Lipinski definition) is 3. The van der Waals surface area contributed by atoms with Crippen molar-refractivity contribution in [1.82, 2.24) is 14.5 Å². The van der Waals surface area contributed by atoms with Gasteiger partial charge in [-0.05, 0) is 37.1 Å². The third-order valence-corrected chi connectivity index (χ3v) is 5.95. The van der Waals surface area contributed by atoms with Gasteiger partial charge in [0.15, 0.2) is 0 Å². The van der Waals surface area contributed by atoms with E-state index in [0.717, 1.165) is 27.7 Å². The summed E-state index contributed by atoms with van der Waals surface area (Å²) in [6.07, 6.45) is 0.451. The number of hydrogen-bond acceptors (Lipinski definition) is 3. The van der Waals surface area contributed by atoms with Crippen molar-refractivity contribution in [3.63, 3.8) is 0 Å². The first kappa shape index (κ1) is 22.6. The van der Waals surface area contributed by atoms with Crippen LogP contribution in [-0.2, 0) is 17.8 Å². The molecular weight excluding hydrogens is 412 g/mol. The summed E-state index contributed by atoms with van der Waals surface area (Å²) < 4.78 is 3.76. The lowest BCUT2D eigenvalue weighted by molar-refractivity contribution is -0.124. The van der Waals surface area contributed by atoms with Crippen LogP contribution < -0.4 is 10.9 Å². The summed E-state index contributed by atoms with van der Waals surface area (Å²) in [6, 6.07) is 23.6. The lowest BCUT2D eigenvalue weighted by atomic mass is 10.0. The summed E-state index contributed by atoms with van der Waals surface area (Å²) in [6.45, 7) is 4.68. The van der Waals surface area contributed by atoms with E-state index < -0.39 is 6.04 Å². The molecule has 1 heterocycles. The Balaban J connectivity index is 1.81. The number of imidazole rings is 1. The van der Waals surface area contributed by atoms with Crippen molar-refractivity contribution in [3.05, 3.63) is 101 Å². The Kier molecular flexibility index (Phi) is 6.75. The van der Waals surface area contributed by atoms with Crippen LogP contribution in [0.25, 0.3) is 11.0 Å². The quantitative estimate of drug-likeness (QED) is 0.390. The number of amides is 1. The maximum Gasteiger partial charge on any atom is 0.243 e. The molecule has 0 saturated carbocycles. The number of aromatic nitrogens is 2. The van der Waals surface area contributed by atoms with Gasteiger partial charge in [0, 0.05) is 13.0 Å². The van der Waals surface area contributed by atoms with Crippen molar-refractivity contribution in [2.75, 3.05) is 13.2 Å². The molecule has 0 bridgehead atoms. The Bertz CT molecular complexity index is 1300. The van der Waals surface area contributed by atoms with Crippen LogP contribution in [0.1, 0.15) is 28.3 Å². The van der Waals surface area contributed by atoms with Crippen LogP contribution in [0.15, 0.2) is 72.8 Å². The smallest absolute Gasteiger partial charge is 0.243 e. The van der Waals surface area contributed by atoms with E-state index in [2.05, 4.69) is 36.5 Å². The number of carbonyl (C=O) groups is 1. The monoisotopic (exact) mass is 442 g/mol. The molecule has 6 heteroatoms. The van der Waals surface area contributed by atoms with Crippen molar-refractivity contribution >= 4 is 16.9 Å². The Morgan fingerprint density at radius 3 is 2.09 bits per heavy atom. The summed E-state index contributed by atoms with van der Waals surface area (Å²) in [7, 11) is 0. The number of aryl methyl sites for hydroxylation is 2. The van der Waals surface area contributed by atoms with E-state index in [-0.39, 0.29) is 24.7 Å². The van der Waals surface area contributed by atoms with E-state index in [1.54, 1.807) is 0 Å². The summed E-state index contributed by atoms with van der Waals surface area (Å²) in [5.41, 5.74) is 6.49. The van der Waals surface area contributed by atoms with Gasteiger partial charge >= 0.3 is 0 Å². The highest BCUT2D eigenvalue weighted by atomic mass is 16.3. The van der Waals surface area contributed by atoms with E-state index in [1.807, 2.05) is 64.6 Å².